The molecule has 2 aromatic carbocycles. The van der Waals surface area contributed by atoms with Crippen molar-refractivity contribution in [2.45, 2.75) is 43.8 Å². The van der Waals surface area contributed by atoms with Gasteiger partial charge in [0.15, 0.2) is 0 Å². The standard InChI is InChI=1S/C27H24FNO3/c28-20-10-8-19(9-11-20)27-23(13-12-22-14-21(30)15-26(31)32-22)24(17-6-7-17)16-25(29-27)18-4-2-1-3-5-18/h1-5,8-13,16-17,21-22,30H,6-7,14-15H2/t21-,22-/m1/s1. The average molecular weight is 429 g/mol. The van der Waals surface area contributed by atoms with Crippen LogP contribution in [0.15, 0.2) is 66.7 Å². The summed E-state index contributed by atoms with van der Waals surface area (Å²) in [7, 11) is 0. The van der Waals surface area contributed by atoms with Crippen molar-refractivity contribution in [2.24, 2.45) is 0 Å². The highest BCUT2D eigenvalue weighted by molar-refractivity contribution is 5.79. The van der Waals surface area contributed by atoms with Gasteiger partial charge in [-0.1, -0.05) is 36.4 Å². The summed E-state index contributed by atoms with van der Waals surface area (Å²) in [6.07, 6.45) is 5.24. The molecule has 5 rings (SSSR count). The van der Waals surface area contributed by atoms with Gasteiger partial charge in [0.2, 0.25) is 0 Å². The maximum absolute atomic E-state index is 13.6. The molecule has 2 aliphatic rings. The minimum atomic E-state index is -0.691. The first kappa shape index (κ1) is 20.6. The van der Waals surface area contributed by atoms with Gasteiger partial charge < -0.3 is 9.84 Å². The molecule has 1 saturated heterocycles. The van der Waals surface area contributed by atoms with E-state index in [0.717, 1.165) is 40.9 Å². The number of esters is 1. The molecule has 1 N–H and O–H groups in total. The molecule has 1 aromatic heterocycles. The first-order valence-electron chi connectivity index (χ1n) is 11.0. The maximum atomic E-state index is 13.6. The first-order valence-corrected chi connectivity index (χ1v) is 11.0. The normalized spacial score (nSPS) is 21.0. The molecule has 32 heavy (non-hydrogen) atoms. The van der Waals surface area contributed by atoms with E-state index in [2.05, 4.69) is 6.07 Å². The molecule has 2 heterocycles. The topological polar surface area (TPSA) is 59.4 Å². The molecular formula is C27H24FNO3. The van der Waals surface area contributed by atoms with Gasteiger partial charge in [-0.05, 0) is 60.7 Å². The van der Waals surface area contributed by atoms with Crippen LogP contribution in [0, 0.1) is 5.82 Å². The van der Waals surface area contributed by atoms with Crippen LogP contribution < -0.4 is 0 Å². The Hall–Kier alpha value is -3.31. The summed E-state index contributed by atoms with van der Waals surface area (Å²) in [5.41, 5.74) is 5.65. The number of hydrogen-bond acceptors (Lipinski definition) is 4. The largest absolute Gasteiger partial charge is 0.458 e. The second-order valence-electron chi connectivity index (χ2n) is 8.49. The Balaban J connectivity index is 1.63. The van der Waals surface area contributed by atoms with Crippen molar-refractivity contribution in [3.63, 3.8) is 0 Å². The van der Waals surface area contributed by atoms with E-state index in [-0.39, 0.29) is 12.2 Å². The highest BCUT2D eigenvalue weighted by Gasteiger charge is 2.29. The van der Waals surface area contributed by atoms with Crippen LogP contribution in [0.3, 0.4) is 0 Å². The molecule has 3 aromatic rings. The van der Waals surface area contributed by atoms with Crippen molar-refractivity contribution in [3.05, 3.63) is 83.7 Å². The van der Waals surface area contributed by atoms with E-state index in [0.29, 0.717) is 12.3 Å². The average Bonchev–Trinajstić information content (AvgIpc) is 3.63. The Morgan fingerprint density at radius 2 is 1.78 bits per heavy atom. The summed E-state index contributed by atoms with van der Waals surface area (Å²) in [6.45, 7) is 0. The summed E-state index contributed by atoms with van der Waals surface area (Å²) in [5, 5.41) is 9.94. The van der Waals surface area contributed by atoms with Crippen LogP contribution in [0.1, 0.15) is 42.7 Å². The molecular weight excluding hydrogens is 405 g/mol. The number of benzene rings is 2. The fourth-order valence-electron chi connectivity index (χ4n) is 4.20. The van der Waals surface area contributed by atoms with E-state index >= 15 is 0 Å². The van der Waals surface area contributed by atoms with Gasteiger partial charge in [0.05, 0.1) is 23.9 Å². The lowest BCUT2D eigenvalue weighted by Crippen LogP contribution is -2.31. The van der Waals surface area contributed by atoms with E-state index in [4.69, 9.17) is 9.72 Å². The van der Waals surface area contributed by atoms with Crippen LogP contribution in [0.2, 0.25) is 0 Å². The monoisotopic (exact) mass is 429 g/mol. The second kappa shape index (κ2) is 8.67. The van der Waals surface area contributed by atoms with Crippen LogP contribution in [0.5, 0.6) is 0 Å². The molecule has 2 atom stereocenters. The highest BCUT2D eigenvalue weighted by Crippen LogP contribution is 2.45. The lowest BCUT2D eigenvalue weighted by Gasteiger charge is -2.23. The van der Waals surface area contributed by atoms with E-state index in [1.54, 1.807) is 12.1 Å². The molecule has 162 valence electrons. The molecule has 1 saturated carbocycles. The van der Waals surface area contributed by atoms with Crippen LogP contribution in [0.25, 0.3) is 28.6 Å². The van der Waals surface area contributed by atoms with Gasteiger partial charge in [0.1, 0.15) is 11.9 Å². The number of ether oxygens (including phenoxy) is 1. The number of cyclic esters (lactones) is 1. The smallest absolute Gasteiger partial charge is 0.309 e. The zero-order valence-electron chi connectivity index (χ0n) is 17.6. The van der Waals surface area contributed by atoms with Crippen molar-refractivity contribution in [1.82, 2.24) is 4.98 Å². The molecule has 5 heteroatoms. The van der Waals surface area contributed by atoms with Crippen molar-refractivity contribution in [3.8, 4) is 22.5 Å². The molecule has 4 nitrogen and oxygen atoms in total. The number of nitrogens with zero attached hydrogens (tertiary/aromatic N) is 1. The predicted molar refractivity (Wildman–Crippen MR) is 121 cm³/mol. The van der Waals surface area contributed by atoms with E-state index in [1.807, 2.05) is 42.5 Å². The van der Waals surface area contributed by atoms with Gasteiger partial charge in [0, 0.05) is 23.1 Å². The lowest BCUT2D eigenvalue weighted by atomic mass is 9.94. The molecule has 2 fully saturated rings. The van der Waals surface area contributed by atoms with Crippen molar-refractivity contribution in [2.75, 3.05) is 0 Å². The van der Waals surface area contributed by atoms with Crippen molar-refractivity contribution in [1.29, 1.82) is 0 Å². The van der Waals surface area contributed by atoms with Gasteiger partial charge in [-0.15, -0.1) is 0 Å². The first-order chi connectivity index (χ1) is 15.6. The lowest BCUT2D eigenvalue weighted by molar-refractivity contribution is -0.156. The quantitative estimate of drug-likeness (QED) is 0.543. The van der Waals surface area contributed by atoms with Gasteiger partial charge in [-0.3, -0.25) is 4.79 Å². The third kappa shape index (κ3) is 4.48. The minimum Gasteiger partial charge on any atom is -0.458 e. The summed E-state index contributed by atoms with van der Waals surface area (Å²) >= 11 is 0. The van der Waals surface area contributed by atoms with Gasteiger partial charge in [0.25, 0.3) is 0 Å². The fraction of sp³-hybridized carbons (Fsp3) is 0.259. The Labute approximate surface area is 186 Å². The number of pyridine rings is 1. The third-order valence-corrected chi connectivity index (χ3v) is 5.96. The molecule has 0 radical (unpaired) electrons. The number of aromatic nitrogens is 1. The number of carbonyl (C=O) groups is 1. The molecule has 1 aliphatic heterocycles. The molecule has 0 unspecified atom stereocenters. The van der Waals surface area contributed by atoms with Crippen molar-refractivity contribution < 1.29 is 19.0 Å². The van der Waals surface area contributed by atoms with Crippen LogP contribution >= 0.6 is 0 Å². The van der Waals surface area contributed by atoms with Crippen LogP contribution in [-0.2, 0) is 9.53 Å². The zero-order valence-corrected chi connectivity index (χ0v) is 17.6. The number of halogens is 1. The number of aliphatic hydroxyl groups is 1. The molecule has 0 spiro atoms. The molecule has 0 bridgehead atoms. The maximum Gasteiger partial charge on any atom is 0.309 e. The van der Waals surface area contributed by atoms with E-state index in [1.165, 1.54) is 17.7 Å². The summed E-state index contributed by atoms with van der Waals surface area (Å²) in [4.78, 5) is 16.7. The van der Waals surface area contributed by atoms with Crippen molar-refractivity contribution >= 4 is 12.0 Å². The molecule has 0 amide bonds. The Morgan fingerprint density at radius 3 is 2.47 bits per heavy atom. The summed E-state index contributed by atoms with van der Waals surface area (Å²) in [5.74, 6) is -0.244. The van der Waals surface area contributed by atoms with Crippen LogP contribution in [-0.4, -0.2) is 28.3 Å². The Kier molecular flexibility index (Phi) is 5.58. The molecule has 1 aliphatic carbocycles. The van der Waals surface area contributed by atoms with Crippen LogP contribution in [0.4, 0.5) is 4.39 Å². The van der Waals surface area contributed by atoms with Gasteiger partial charge in [-0.2, -0.15) is 0 Å². The third-order valence-electron chi connectivity index (χ3n) is 5.96. The number of aliphatic hydroxyl groups excluding tert-OH is 1. The summed E-state index contributed by atoms with van der Waals surface area (Å²) < 4.78 is 19.0. The predicted octanol–water partition coefficient (Wildman–Crippen LogP) is 5.51. The SMILES string of the molecule is O=C1C[C@H](O)C[C@@H](C=Cc2c(C3CC3)cc(-c3ccccc3)nc2-c2ccc(F)cc2)O1. The summed E-state index contributed by atoms with van der Waals surface area (Å²) in [6, 6.07) is 18.5. The van der Waals surface area contributed by atoms with Gasteiger partial charge in [-0.25, -0.2) is 9.37 Å². The number of rotatable bonds is 5. The fourth-order valence-corrected chi connectivity index (χ4v) is 4.20. The zero-order chi connectivity index (χ0) is 22.1. The number of carbonyl (C=O) groups excluding carboxylic acids is 1. The van der Waals surface area contributed by atoms with Gasteiger partial charge >= 0.3 is 5.97 Å². The highest BCUT2D eigenvalue weighted by atomic mass is 19.1. The van der Waals surface area contributed by atoms with E-state index in [9.17, 15) is 14.3 Å². The Bertz CT molecular complexity index is 1150. The van der Waals surface area contributed by atoms with E-state index < -0.39 is 18.2 Å². The Morgan fingerprint density at radius 1 is 1.03 bits per heavy atom. The minimum absolute atomic E-state index is 0.0336. The second-order valence-corrected chi connectivity index (χ2v) is 8.49. The number of hydrogen-bond donors (Lipinski definition) is 1.